The van der Waals surface area contributed by atoms with E-state index in [9.17, 15) is 9.59 Å². The van der Waals surface area contributed by atoms with Gasteiger partial charge in [0, 0.05) is 31.1 Å². The van der Waals surface area contributed by atoms with Crippen molar-refractivity contribution in [3.63, 3.8) is 0 Å². The van der Waals surface area contributed by atoms with Crippen LogP contribution in [0, 0.1) is 0 Å². The molecule has 5 rings (SSSR count). The Bertz CT molecular complexity index is 1260. The second-order valence-corrected chi connectivity index (χ2v) is 9.63. The normalized spacial score (nSPS) is 21.5. The Morgan fingerprint density at radius 3 is 2.64 bits per heavy atom. The van der Waals surface area contributed by atoms with E-state index in [1.807, 2.05) is 66.9 Å². The third kappa shape index (κ3) is 4.41. The van der Waals surface area contributed by atoms with Crippen molar-refractivity contribution < 1.29 is 23.8 Å². The fourth-order valence-corrected chi connectivity index (χ4v) is 5.15. The zero-order valence-corrected chi connectivity index (χ0v) is 21.1. The van der Waals surface area contributed by atoms with Gasteiger partial charge in [0.25, 0.3) is 5.91 Å². The smallest absolute Gasteiger partial charge is 0.271 e. The number of hydrogen-bond acceptors (Lipinski definition) is 5. The van der Waals surface area contributed by atoms with Gasteiger partial charge in [0.05, 0.1) is 31.9 Å². The molecule has 0 radical (unpaired) electrons. The van der Waals surface area contributed by atoms with Crippen LogP contribution in [0.1, 0.15) is 42.7 Å². The summed E-state index contributed by atoms with van der Waals surface area (Å²) in [5, 5.41) is 4.01. The molecule has 2 aliphatic heterocycles. The first-order chi connectivity index (χ1) is 17.4. The fraction of sp³-hybridized carbons (Fsp3) is 0.429. The second kappa shape index (κ2) is 9.85. The average Bonchev–Trinajstić information content (AvgIpc) is 3.54. The lowest BCUT2D eigenvalue weighted by molar-refractivity contribution is -0.133. The predicted molar refractivity (Wildman–Crippen MR) is 136 cm³/mol. The third-order valence-electron chi connectivity index (χ3n) is 7.22. The zero-order chi connectivity index (χ0) is 25.3. The van der Waals surface area contributed by atoms with E-state index in [1.165, 1.54) is 0 Å². The minimum Gasteiger partial charge on any atom is -0.497 e. The Kier molecular flexibility index (Phi) is 6.62. The van der Waals surface area contributed by atoms with Crippen LogP contribution in [0.4, 0.5) is 0 Å². The van der Waals surface area contributed by atoms with Crippen molar-refractivity contribution in [3.8, 4) is 11.5 Å². The van der Waals surface area contributed by atoms with Crippen molar-refractivity contribution in [2.24, 2.45) is 0 Å². The molecule has 0 unspecified atom stereocenters. The number of rotatable bonds is 8. The van der Waals surface area contributed by atoms with Crippen molar-refractivity contribution in [3.05, 3.63) is 59.8 Å². The molecule has 190 valence electrons. The molecule has 36 heavy (non-hydrogen) atoms. The highest BCUT2D eigenvalue weighted by Crippen LogP contribution is 2.35. The van der Waals surface area contributed by atoms with Crippen LogP contribution in [0.15, 0.2) is 48.5 Å². The fourth-order valence-electron chi connectivity index (χ4n) is 5.15. The zero-order valence-electron chi connectivity index (χ0n) is 21.1. The van der Waals surface area contributed by atoms with E-state index in [1.54, 1.807) is 12.0 Å². The molecular formula is C28H33N3O5. The van der Waals surface area contributed by atoms with Gasteiger partial charge in [0.1, 0.15) is 22.7 Å². The maximum atomic E-state index is 13.9. The lowest BCUT2D eigenvalue weighted by Crippen LogP contribution is -2.64. The summed E-state index contributed by atoms with van der Waals surface area (Å²) in [5.74, 6) is 1.11. The Hall–Kier alpha value is -3.52. The topological polar surface area (TPSA) is 82.0 Å². The van der Waals surface area contributed by atoms with E-state index in [2.05, 4.69) is 5.32 Å². The Labute approximate surface area is 211 Å². The van der Waals surface area contributed by atoms with Crippen molar-refractivity contribution >= 4 is 22.7 Å². The summed E-state index contributed by atoms with van der Waals surface area (Å²) in [4.78, 5) is 29.4. The number of benzene rings is 2. The van der Waals surface area contributed by atoms with E-state index < -0.39 is 5.54 Å². The van der Waals surface area contributed by atoms with Crippen molar-refractivity contribution in [2.75, 3.05) is 26.9 Å². The molecule has 1 aromatic heterocycles. The monoisotopic (exact) mass is 491 g/mol. The number of amides is 2. The number of aromatic nitrogens is 1. The molecule has 0 saturated carbocycles. The molecule has 1 N–H and O–H groups in total. The predicted octanol–water partition coefficient (Wildman–Crippen LogP) is 3.76. The van der Waals surface area contributed by atoms with Crippen molar-refractivity contribution in [1.82, 2.24) is 14.8 Å². The average molecular weight is 492 g/mol. The van der Waals surface area contributed by atoms with E-state index in [-0.39, 0.29) is 17.9 Å². The molecule has 8 heteroatoms. The molecule has 2 aromatic carbocycles. The summed E-state index contributed by atoms with van der Waals surface area (Å²) in [6.07, 6.45) is 1.95. The van der Waals surface area contributed by atoms with Crippen LogP contribution >= 0.6 is 0 Å². The van der Waals surface area contributed by atoms with Gasteiger partial charge >= 0.3 is 0 Å². The molecular weight excluding hydrogens is 458 g/mol. The molecule has 3 aromatic rings. The number of methoxy groups -OCH3 is 1. The van der Waals surface area contributed by atoms with Gasteiger partial charge in [0.15, 0.2) is 0 Å². The molecule has 0 bridgehead atoms. The van der Waals surface area contributed by atoms with E-state index in [0.717, 1.165) is 41.7 Å². The number of ether oxygens (including phenoxy) is 3. The van der Waals surface area contributed by atoms with Crippen LogP contribution in [0.2, 0.25) is 0 Å². The number of nitrogens with zero attached hydrogens (tertiary/aromatic N) is 2. The van der Waals surface area contributed by atoms with Crippen LogP contribution in [-0.4, -0.2) is 59.8 Å². The van der Waals surface area contributed by atoms with Gasteiger partial charge in [-0.1, -0.05) is 12.1 Å². The summed E-state index contributed by atoms with van der Waals surface area (Å²) >= 11 is 0. The number of carbonyl (C=O) groups excluding carboxylic acids is 2. The molecule has 2 amide bonds. The maximum Gasteiger partial charge on any atom is 0.271 e. The molecule has 1 fully saturated rings. The summed E-state index contributed by atoms with van der Waals surface area (Å²) < 4.78 is 18.6. The molecule has 3 heterocycles. The maximum absolute atomic E-state index is 13.9. The Morgan fingerprint density at radius 2 is 1.94 bits per heavy atom. The van der Waals surface area contributed by atoms with Gasteiger partial charge in [-0.15, -0.1) is 0 Å². The molecule has 1 saturated heterocycles. The number of fused-ring (bicyclic) bond motifs is 3. The largest absolute Gasteiger partial charge is 0.497 e. The first-order valence-corrected chi connectivity index (χ1v) is 12.5. The first kappa shape index (κ1) is 24.2. The summed E-state index contributed by atoms with van der Waals surface area (Å²) in [5.41, 5.74) is 1.26. The summed E-state index contributed by atoms with van der Waals surface area (Å²) in [6.45, 7) is 6.17. The molecule has 2 atom stereocenters. The first-order valence-electron chi connectivity index (χ1n) is 12.5. The van der Waals surface area contributed by atoms with Gasteiger partial charge in [-0.2, -0.15) is 0 Å². The van der Waals surface area contributed by atoms with Crippen LogP contribution in [0.5, 0.6) is 11.5 Å². The van der Waals surface area contributed by atoms with E-state index in [4.69, 9.17) is 14.2 Å². The van der Waals surface area contributed by atoms with Crippen molar-refractivity contribution in [1.29, 1.82) is 0 Å². The van der Waals surface area contributed by atoms with Gasteiger partial charge in [0.2, 0.25) is 5.91 Å². The van der Waals surface area contributed by atoms with Crippen molar-refractivity contribution in [2.45, 2.75) is 51.4 Å². The SMILES string of the molecule is CCOc1ccc(CN2C(=O)c3cc4ccc(OC)cc4n3C[C@]2(C)C(=O)NC[C@@H]2CCCO2)cc1. The molecule has 0 aliphatic carbocycles. The lowest BCUT2D eigenvalue weighted by atomic mass is 9.93. The second-order valence-electron chi connectivity index (χ2n) is 9.63. The van der Waals surface area contributed by atoms with Crippen LogP contribution in [0.25, 0.3) is 10.9 Å². The minimum absolute atomic E-state index is 0.0173. The highest BCUT2D eigenvalue weighted by molar-refractivity contribution is 6.03. The highest BCUT2D eigenvalue weighted by Gasteiger charge is 2.47. The van der Waals surface area contributed by atoms with Gasteiger partial charge in [-0.3, -0.25) is 9.59 Å². The molecule has 2 aliphatic rings. The van der Waals surface area contributed by atoms with E-state index >= 15 is 0 Å². The van der Waals surface area contributed by atoms with Gasteiger partial charge < -0.3 is 29.0 Å². The summed E-state index contributed by atoms with van der Waals surface area (Å²) in [7, 11) is 1.62. The third-order valence-corrected chi connectivity index (χ3v) is 7.22. The lowest BCUT2D eigenvalue weighted by Gasteiger charge is -2.44. The molecule has 0 spiro atoms. The van der Waals surface area contributed by atoms with Gasteiger partial charge in [-0.25, -0.2) is 0 Å². The minimum atomic E-state index is -1.10. The van der Waals surface area contributed by atoms with Gasteiger partial charge in [-0.05, 0) is 62.6 Å². The summed E-state index contributed by atoms with van der Waals surface area (Å²) in [6, 6.07) is 15.3. The van der Waals surface area contributed by atoms with Crippen LogP contribution in [0.3, 0.4) is 0 Å². The number of hydrogen-bond donors (Lipinski definition) is 1. The number of nitrogens with one attached hydrogen (secondary N) is 1. The Morgan fingerprint density at radius 1 is 1.17 bits per heavy atom. The standard InChI is InChI=1S/C28H33N3O5/c1-4-35-21-10-7-19(8-11-21)17-31-26(32)25-14-20-9-12-22(34-3)15-24(20)30(25)18-28(31,2)27(33)29-16-23-6-5-13-36-23/h7-12,14-15,23H,4-6,13,16-18H2,1-3H3,(H,29,33)/t23-,28+/m0/s1. The quantitative estimate of drug-likeness (QED) is 0.519. The highest BCUT2D eigenvalue weighted by atomic mass is 16.5. The van der Waals surface area contributed by atoms with Crippen LogP contribution in [-0.2, 0) is 22.6 Å². The van der Waals surface area contributed by atoms with Crippen LogP contribution < -0.4 is 14.8 Å². The van der Waals surface area contributed by atoms with E-state index in [0.29, 0.717) is 37.7 Å². The Balaban J connectivity index is 1.50. The molecule has 8 nitrogen and oxygen atoms in total. The number of carbonyl (C=O) groups is 2.